The van der Waals surface area contributed by atoms with Crippen molar-refractivity contribution in [2.24, 2.45) is 5.10 Å². The van der Waals surface area contributed by atoms with Gasteiger partial charge < -0.3 is 10.1 Å². The van der Waals surface area contributed by atoms with Crippen molar-refractivity contribution in [2.75, 3.05) is 6.54 Å². The number of hydrazone groups is 1. The summed E-state index contributed by atoms with van der Waals surface area (Å²) in [6.07, 6.45) is 1.34. The number of nitrogens with zero attached hydrogens (tertiary/aromatic N) is 2. The van der Waals surface area contributed by atoms with Crippen molar-refractivity contribution < 1.29 is 24.0 Å². The van der Waals surface area contributed by atoms with E-state index in [1.807, 2.05) is 0 Å². The molecule has 2 N–H and O–H groups in total. The number of carbonyl (C=O) groups is 3. The molecule has 0 aliphatic rings. The molecule has 0 radical (unpaired) electrons. The summed E-state index contributed by atoms with van der Waals surface area (Å²) in [6.45, 7) is -0.273. The Morgan fingerprint density at radius 2 is 1.76 bits per heavy atom. The van der Waals surface area contributed by atoms with Crippen LogP contribution < -0.4 is 15.5 Å². The van der Waals surface area contributed by atoms with Crippen molar-refractivity contribution in [3.63, 3.8) is 0 Å². The van der Waals surface area contributed by atoms with E-state index in [0.29, 0.717) is 15.6 Å². The Hall–Kier alpha value is -4.38. The van der Waals surface area contributed by atoms with Gasteiger partial charge in [0.2, 0.25) is 0 Å². The molecule has 34 heavy (non-hydrogen) atoms. The molecule has 0 saturated carbocycles. The maximum absolute atomic E-state index is 12.2. The number of hydrogen-bond donors (Lipinski definition) is 2. The fourth-order valence-electron chi connectivity index (χ4n) is 2.66. The highest BCUT2D eigenvalue weighted by Gasteiger charge is 2.12. The minimum atomic E-state index is -0.682. The van der Waals surface area contributed by atoms with Crippen LogP contribution in [0.1, 0.15) is 26.3 Å². The highest BCUT2D eigenvalue weighted by Crippen LogP contribution is 2.17. The molecule has 3 rings (SSSR count). The standard InChI is InChI=1S/C23H17BrN4O6/c24-20-7-2-1-6-19(20)22(30)25-14-21(29)27-26-13-15-4-3-5-18(12-15)34-23(31)16-8-10-17(11-9-16)28(32)33/h1-13H,14H2,(H,25,30)(H,27,29)/b26-13-. The molecular weight excluding hydrogens is 508 g/mol. The number of nitrogens with one attached hydrogen (secondary N) is 2. The van der Waals surface area contributed by atoms with Crippen molar-refractivity contribution in [1.29, 1.82) is 0 Å². The van der Waals surface area contributed by atoms with Gasteiger partial charge in [-0.2, -0.15) is 5.10 Å². The molecule has 0 heterocycles. The third kappa shape index (κ3) is 6.81. The van der Waals surface area contributed by atoms with Crippen molar-refractivity contribution in [1.82, 2.24) is 10.7 Å². The zero-order valence-corrected chi connectivity index (χ0v) is 19.0. The molecule has 0 aliphatic heterocycles. The average Bonchev–Trinajstić information content (AvgIpc) is 2.83. The summed E-state index contributed by atoms with van der Waals surface area (Å²) in [6, 6.07) is 18.2. The van der Waals surface area contributed by atoms with Crippen LogP contribution in [0.2, 0.25) is 0 Å². The van der Waals surface area contributed by atoms with Crippen LogP contribution in [0, 0.1) is 10.1 Å². The zero-order valence-electron chi connectivity index (χ0n) is 17.4. The van der Waals surface area contributed by atoms with E-state index in [2.05, 4.69) is 31.8 Å². The fraction of sp³-hybridized carbons (Fsp3) is 0.0435. The van der Waals surface area contributed by atoms with Crippen LogP contribution in [-0.4, -0.2) is 35.5 Å². The Morgan fingerprint density at radius 3 is 2.47 bits per heavy atom. The molecule has 0 fully saturated rings. The van der Waals surface area contributed by atoms with Gasteiger partial charge in [0.25, 0.3) is 17.5 Å². The minimum Gasteiger partial charge on any atom is -0.423 e. The number of carbonyl (C=O) groups excluding carboxylic acids is 3. The summed E-state index contributed by atoms with van der Waals surface area (Å²) in [5, 5.41) is 17.0. The van der Waals surface area contributed by atoms with Crippen molar-refractivity contribution in [3.05, 3.63) is 104 Å². The fourth-order valence-corrected chi connectivity index (χ4v) is 3.13. The molecule has 0 spiro atoms. The first-order valence-electron chi connectivity index (χ1n) is 9.75. The number of nitro groups is 1. The normalized spacial score (nSPS) is 10.5. The van der Waals surface area contributed by atoms with Gasteiger partial charge in [0, 0.05) is 16.6 Å². The van der Waals surface area contributed by atoms with E-state index in [9.17, 15) is 24.5 Å². The lowest BCUT2D eigenvalue weighted by Crippen LogP contribution is -2.35. The Bertz CT molecular complexity index is 1260. The maximum Gasteiger partial charge on any atom is 0.343 e. The van der Waals surface area contributed by atoms with Gasteiger partial charge >= 0.3 is 5.97 Å². The van der Waals surface area contributed by atoms with E-state index < -0.39 is 22.7 Å². The zero-order chi connectivity index (χ0) is 24.5. The number of amides is 2. The summed E-state index contributed by atoms with van der Waals surface area (Å²) in [5.41, 5.74) is 3.25. The second-order valence-electron chi connectivity index (χ2n) is 6.72. The minimum absolute atomic E-state index is 0.135. The molecule has 0 aromatic heterocycles. The molecular formula is C23H17BrN4O6. The average molecular weight is 525 g/mol. The van der Waals surface area contributed by atoms with Gasteiger partial charge in [0.05, 0.1) is 28.8 Å². The molecule has 0 aliphatic carbocycles. The van der Waals surface area contributed by atoms with Crippen LogP contribution in [0.5, 0.6) is 5.75 Å². The lowest BCUT2D eigenvalue weighted by atomic mass is 10.2. The van der Waals surface area contributed by atoms with Crippen LogP contribution in [0.3, 0.4) is 0 Å². The first-order valence-corrected chi connectivity index (χ1v) is 10.5. The Balaban J connectivity index is 1.51. The third-order valence-corrected chi connectivity index (χ3v) is 5.00. The molecule has 11 heteroatoms. The van der Waals surface area contributed by atoms with Gasteiger partial charge in [-0.05, 0) is 57.9 Å². The van der Waals surface area contributed by atoms with Crippen LogP contribution in [0.25, 0.3) is 0 Å². The maximum atomic E-state index is 12.2. The van der Waals surface area contributed by atoms with Gasteiger partial charge in [-0.1, -0.05) is 24.3 Å². The monoisotopic (exact) mass is 524 g/mol. The Labute approximate surface area is 201 Å². The van der Waals surface area contributed by atoms with Crippen molar-refractivity contribution >= 4 is 45.6 Å². The molecule has 172 valence electrons. The van der Waals surface area contributed by atoms with Crippen molar-refractivity contribution in [3.8, 4) is 5.75 Å². The van der Waals surface area contributed by atoms with E-state index in [1.165, 1.54) is 36.5 Å². The molecule has 2 amide bonds. The van der Waals surface area contributed by atoms with Gasteiger partial charge in [-0.25, -0.2) is 10.2 Å². The van der Waals surface area contributed by atoms with E-state index >= 15 is 0 Å². The summed E-state index contributed by atoms with van der Waals surface area (Å²) in [5.74, 6) is -1.40. The number of benzene rings is 3. The third-order valence-electron chi connectivity index (χ3n) is 4.31. The first kappa shape index (κ1) is 24.3. The summed E-state index contributed by atoms with van der Waals surface area (Å²) >= 11 is 3.27. The molecule has 0 atom stereocenters. The molecule has 3 aromatic rings. The SMILES string of the molecule is O=C(CNC(=O)c1ccccc1Br)N/N=C\c1cccc(OC(=O)c2ccc([N+](=O)[O-])cc2)c1. The number of hydrogen-bond acceptors (Lipinski definition) is 7. The van der Waals surface area contributed by atoms with Crippen LogP contribution >= 0.6 is 15.9 Å². The van der Waals surface area contributed by atoms with Crippen LogP contribution in [-0.2, 0) is 4.79 Å². The Kier molecular flexibility index (Phi) is 8.19. The number of rotatable bonds is 8. The second-order valence-corrected chi connectivity index (χ2v) is 7.58. The van der Waals surface area contributed by atoms with E-state index in [0.717, 1.165) is 0 Å². The largest absolute Gasteiger partial charge is 0.423 e. The summed E-state index contributed by atoms with van der Waals surface area (Å²) < 4.78 is 5.89. The molecule has 0 saturated heterocycles. The number of non-ortho nitro benzene ring substituents is 1. The van der Waals surface area contributed by atoms with E-state index in [4.69, 9.17) is 4.74 Å². The van der Waals surface area contributed by atoms with E-state index in [1.54, 1.807) is 42.5 Å². The van der Waals surface area contributed by atoms with Crippen LogP contribution in [0.4, 0.5) is 5.69 Å². The topological polar surface area (TPSA) is 140 Å². The number of esters is 1. The van der Waals surface area contributed by atoms with E-state index in [-0.39, 0.29) is 23.5 Å². The number of halogens is 1. The predicted octanol–water partition coefficient (Wildman–Crippen LogP) is 3.46. The summed E-state index contributed by atoms with van der Waals surface area (Å²) in [4.78, 5) is 46.4. The summed E-state index contributed by atoms with van der Waals surface area (Å²) in [7, 11) is 0. The number of ether oxygens (including phenoxy) is 1. The van der Waals surface area contributed by atoms with Gasteiger partial charge in [-0.15, -0.1) is 0 Å². The molecule has 0 unspecified atom stereocenters. The lowest BCUT2D eigenvalue weighted by molar-refractivity contribution is -0.384. The first-order chi connectivity index (χ1) is 16.3. The quantitative estimate of drug-likeness (QED) is 0.152. The highest BCUT2D eigenvalue weighted by molar-refractivity contribution is 9.10. The van der Waals surface area contributed by atoms with Gasteiger partial charge in [0.1, 0.15) is 5.75 Å². The second kappa shape index (κ2) is 11.5. The van der Waals surface area contributed by atoms with Crippen LogP contribution in [0.15, 0.2) is 82.4 Å². The van der Waals surface area contributed by atoms with Crippen molar-refractivity contribution in [2.45, 2.75) is 0 Å². The number of nitro benzene ring substituents is 1. The molecule has 10 nitrogen and oxygen atoms in total. The molecule has 0 bridgehead atoms. The highest BCUT2D eigenvalue weighted by atomic mass is 79.9. The smallest absolute Gasteiger partial charge is 0.343 e. The molecule has 3 aromatic carbocycles. The predicted molar refractivity (Wildman–Crippen MR) is 127 cm³/mol. The van der Waals surface area contributed by atoms with Gasteiger partial charge in [-0.3, -0.25) is 19.7 Å². The van der Waals surface area contributed by atoms with Gasteiger partial charge in [0.15, 0.2) is 0 Å². The Morgan fingerprint density at radius 1 is 1.03 bits per heavy atom. The lowest BCUT2D eigenvalue weighted by Gasteiger charge is -2.06.